The zero-order valence-electron chi connectivity index (χ0n) is 15.1. The quantitative estimate of drug-likeness (QED) is 0.669. The lowest BCUT2D eigenvalue weighted by molar-refractivity contribution is -0.118. The number of ether oxygens (including phenoxy) is 2. The third kappa shape index (κ3) is 5.01. The first-order valence-corrected chi connectivity index (χ1v) is 8.76. The van der Waals surface area contributed by atoms with Gasteiger partial charge in [-0.15, -0.1) is 0 Å². The van der Waals surface area contributed by atoms with E-state index in [0.29, 0.717) is 23.1 Å². The smallest absolute Gasteiger partial charge is 0.263 e. The Balaban J connectivity index is 1.58. The molecule has 0 atom stereocenters. The second-order valence-corrected chi connectivity index (χ2v) is 6.38. The van der Waals surface area contributed by atoms with Crippen LogP contribution in [0.2, 0.25) is 5.02 Å². The molecule has 0 aliphatic heterocycles. The molecular weight excluding hydrogens is 366 g/mol. The summed E-state index contributed by atoms with van der Waals surface area (Å²) in [5.41, 5.74) is 1.94. The van der Waals surface area contributed by atoms with Crippen LogP contribution in [0.3, 0.4) is 0 Å². The molecule has 1 aromatic heterocycles. The van der Waals surface area contributed by atoms with Crippen LogP contribution in [0.25, 0.3) is 0 Å². The molecule has 0 spiro atoms. The van der Waals surface area contributed by atoms with Crippen LogP contribution in [0.15, 0.2) is 54.7 Å². The van der Waals surface area contributed by atoms with E-state index < -0.39 is 0 Å². The molecule has 0 radical (unpaired) electrons. The average molecular weight is 386 g/mol. The largest absolute Gasteiger partial charge is 0.497 e. The molecule has 1 heterocycles. The van der Waals surface area contributed by atoms with E-state index in [2.05, 4.69) is 10.4 Å². The Bertz CT molecular complexity index is 922. The number of benzene rings is 2. The maximum atomic E-state index is 12.2. The van der Waals surface area contributed by atoms with Crippen molar-refractivity contribution in [3.63, 3.8) is 0 Å². The van der Waals surface area contributed by atoms with Crippen molar-refractivity contribution < 1.29 is 14.3 Å². The zero-order chi connectivity index (χ0) is 19.2. The minimum atomic E-state index is -0.265. The fourth-order valence-corrected chi connectivity index (χ4v) is 2.62. The van der Waals surface area contributed by atoms with Crippen LogP contribution in [0.1, 0.15) is 11.1 Å². The molecular formula is C20H20ClN3O3. The number of nitrogens with one attached hydrogen (secondary N) is 1. The highest BCUT2D eigenvalue weighted by molar-refractivity contribution is 6.31. The van der Waals surface area contributed by atoms with Crippen LogP contribution in [-0.4, -0.2) is 29.4 Å². The molecule has 2 aromatic carbocycles. The van der Waals surface area contributed by atoms with Crippen LogP contribution < -0.4 is 14.8 Å². The lowest BCUT2D eigenvalue weighted by Gasteiger charge is -2.11. The molecule has 7 heteroatoms. The van der Waals surface area contributed by atoms with Crippen molar-refractivity contribution in [1.82, 2.24) is 9.78 Å². The predicted octanol–water partition coefficient (Wildman–Crippen LogP) is 3.92. The van der Waals surface area contributed by atoms with Crippen LogP contribution >= 0.6 is 11.6 Å². The summed E-state index contributed by atoms with van der Waals surface area (Å²) in [5, 5.41) is 7.74. The Morgan fingerprint density at radius 3 is 2.59 bits per heavy atom. The highest BCUT2D eigenvalue weighted by Gasteiger charge is 2.09. The number of hydrogen-bond acceptors (Lipinski definition) is 4. The third-order valence-corrected chi connectivity index (χ3v) is 4.40. The summed E-state index contributed by atoms with van der Waals surface area (Å²) >= 11 is 5.99. The third-order valence-electron chi connectivity index (χ3n) is 3.97. The first kappa shape index (κ1) is 18.8. The summed E-state index contributed by atoms with van der Waals surface area (Å²) in [6.45, 7) is 2.31. The van der Waals surface area contributed by atoms with E-state index in [1.165, 1.54) is 0 Å². The van der Waals surface area contributed by atoms with Gasteiger partial charge < -0.3 is 14.8 Å². The Morgan fingerprint density at radius 2 is 1.89 bits per heavy atom. The van der Waals surface area contributed by atoms with E-state index in [-0.39, 0.29) is 12.5 Å². The van der Waals surface area contributed by atoms with Crippen molar-refractivity contribution in [3.05, 3.63) is 70.9 Å². The summed E-state index contributed by atoms with van der Waals surface area (Å²) in [4.78, 5) is 12.2. The molecule has 0 bridgehead atoms. The fourth-order valence-electron chi connectivity index (χ4n) is 2.50. The van der Waals surface area contributed by atoms with Gasteiger partial charge in [0.2, 0.25) is 0 Å². The Labute approximate surface area is 162 Å². The number of carbonyl (C=O) groups is 1. The van der Waals surface area contributed by atoms with Crippen LogP contribution in [0.4, 0.5) is 5.82 Å². The Kier molecular flexibility index (Phi) is 5.98. The minimum absolute atomic E-state index is 0.102. The van der Waals surface area contributed by atoms with Gasteiger partial charge in [-0.1, -0.05) is 23.7 Å². The molecule has 27 heavy (non-hydrogen) atoms. The maximum absolute atomic E-state index is 12.2. The van der Waals surface area contributed by atoms with E-state index in [0.717, 1.165) is 16.9 Å². The van der Waals surface area contributed by atoms with Crippen molar-refractivity contribution in [2.45, 2.75) is 13.5 Å². The number of carbonyl (C=O) groups excluding carboxylic acids is 1. The maximum Gasteiger partial charge on any atom is 0.263 e. The SMILES string of the molecule is COc1ccc(Cn2nccc2NC(=O)COc2ccc(Cl)c(C)c2)cc1. The summed E-state index contributed by atoms with van der Waals surface area (Å²) in [6, 6.07) is 14.7. The summed E-state index contributed by atoms with van der Waals surface area (Å²) < 4.78 is 12.4. The van der Waals surface area contributed by atoms with Crippen molar-refractivity contribution in [2.75, 3.05) is 19.0 Å². The van der Waals surface area contributed by atoms with E-state index in [1.807, 2.05) is 31.2 Å². The van der Waals surface area contributed by atoms with E-state index >= 15 is 0 Å². The van der Waals surface area contributed by atoms with Gasteiger partial charge in [-0.25, -0.2) is 4.68 Å². The van der Waals surface area contributed by atoms with Gasteiger partial charge in [-0.05, 0) is 48.4 Å². The number of nitrogens with zero attached hydrogens (tertiary/aromatic N) is 2. The van der Waals surface area contributed by atoms with Gasteiger partial charge in [0.1, 0.15) is 17.3 Å². The van der Waals surface area contributed by atoms with Gasteiger partial charge in [0.15, 0.2) is 6.61 Å². The molecule has 0 unspecified atom stereocenters. The van der Waals surface area contributed by atoms with E-state index in [4.69, 9.17) is 21.1 Å². The number of aryl methyl sites for hydroxylation is 1. The average Bonchev–Trinajstić information content (AvgIpc) is 3.10. The van der Waals surface area contributed by atoms with E-state index in [9.17, 15) is 4.79 Å². The summed E-state index contributed by atoms with van der Waals surface area (Å²) in [7, 11) is 1.63. The molecule has 0 aliphatic carbocycles. The van der Waals surface area contributed by atoms with Gasteiger partial charge in [0.25, 0.3) is 5.91 Å². The molecule has 6 nitrogen and oxygen atoms in total. The number of anilines is 1. The van der Waals surface area contributed by atoms with Gasteiger partial charge >= 0.3 is 0 Å². The first-order chi connectivity index (χ1) is 13.0. The number of methoxy groups -OCH3 is 1. The number of rotatable bonds is 7. The lowest BCUT2D eigenvalue weighted by atomic mass is 10.2. The Hall–Kier alpha value is -2.99. The molecule has 1 amide bonds. The fraction of sp³-hybridized carbons (Fsp3) is 0.200. The normalized spacial score (nSPS) is 10.5. The van der Waals surface area contributed by atoms with Gasteiger partial charge in [-0.2, -0.15) is 5.10 Å². The Morgan fingerprint density at radius 1 is 1.15 bits per heavy atom. The molecule has 0 saturated heterocycles. The van der Waals surface area contributed by atoms with Gasteiger partial charge in [-0.3, -0.25) is 4.79 Å². The zero-order valence-corrected chi connectivity index (χ0v) is 15.9. The topological polar surface area (TPSA) is 65.4 Å². The number of halogens is 1. The van der Waals surface area contributed by atoms with Crippen LogP contribution in [0, 0.1) is 6.92 Å². The number of aromatic nitrogens is 2. The van der Waals surface area contributed by atoms with Gasteiger partial charge in [0, 0.05) is 11.1 Å². The van der Waals surface area contributed by atoms with Crippen molar-refractivity contribution >= 4 is 23.3 Å². The molecule has 3 aromatic rings. The second-order valence-electron chi connectivity index (χ2n) is 5.97. The van der Waals surface area contributed by atoms with Crippen molar-refractivity contribution in [2.24, 2.45) is 0 Å². The molecule has 0 fully saturated rings. The second kappa shape index (κ2) is 8.60. The monoisotopic (exact) mass is 385 g/mol. The van der Waals surface area contributed by atoms with Crippen LogP contribution in [-0.2, 0) is 11.3 Å². The lowest BCUT2D eigenvalue weighted by Crippen LogP contribution is -2.22. The number of amides is 1. The highest BCUT2D eigenvalue weighted by Crippen LogP contribution is 2.21. The van der Waals surface area contributed by atoms with Crippen molar-refractivity contribution in [3.8, 4) is 11.5 Å². The molecule has 0 saturated carbocycles. The molecule has 0 aliphatic rings. The first-order valence-electron chi connectivity index (χ1n) is 8.38. The molecule has 140 valence electrons. The van der Waals surface area contributed by atoms with E-state index in [1.54, 1.807) is 42.3 Å². The number of hydrogen-bond donors (Lipinski definition) is 1. The van der Waals surface area contributed by atoms with Gasteiger partial charge in [0.05, 0.1) is 19.9 Å². The van der Waals surface area contributed by atoms with Crippen molar-refractivity contribution in [1.29, 1.82) is 0 Å². The summed E-state index contributed by atoms with van der Waals surface area (Å²) in [5.74, 6) is 1.73. The standard InChI is InChI=1S/C20H20ClN3O3/c1-14-11-17(7-8-18(14)21)27-13-20(25)23-19-9-10-22-24(19)12-15-3-5-16(26-2)6-4-15/h3-11H,12-13H2,1-2H3,(H,23,25). The predicted molar refractivity (Wildman–Crippen MR) is 105 cm³/mol. The van der Waals surface area contributed by atoms with Crippen LogP contribution in [0.5, 0.6) is 11.5 Å². The summed E-state index contributed by atoms with van der Waals surface area (Å²) in [6.07, 6.45) is 1.64. The molecule has 3 rings (SSSR count). The highest BCUT2D eigenvalue weighted by atomic mass is 35.5. The molecule has 1 N–H and O–H groups in total. The minimum Gasteiger partial charge on any atom is -0.497 e.